The molecule has 2 aromatic carbocycles. The summed E-state index contributed by atoms with van der Waals surface area (Å²) >= 11 is 9.66. The van der Waals surface area contributed by atoms with Crippen LogP contribution in [0, 0.1) is 11.8 Å². The number of aromatic nitrogens is 2. The number of hydrogen-bond acceptors (Lipinski definition) is 5. The maximum absolute atomic E-state index is 14.1. The van der Waals surface area contributed by atoms with Gasteiger partial charge in [0.25, 0.3) is 0 Å². The minimum atomic E-state index is -0.899. The molecule has 0 radical (unpaired) electrons. The number of carbonyl (C=O) groups is 3. The fourth-order valence-corrected chi connectivity index (χ4v) is 5.80. The molecule has 4 rings (SSSR count). The van der Waals surface area contributed by atoms with Crippen molar-refractivity contribution in [2.75, 3.05) is 11.4 Å². The molecule has 11 heteroatoms. The molecule has 1 heterocycles. The van der Waals surface area contributed by atoms with Crippen LogP contribution in [0.5, 0.6) is 0 Å². The molecule has 1 aliphatic carbocycles. The summed E-state index contributed by atoms with van der Waals surface area (Å²) in [6.07, 6.45) is 2.62. The number of primary amides is 1. The molecule has 1 aliphatic rings. The molecule has 0 unspecified atom stereocenters. The lowest BCUT2D eigenvalue weighted by Gasteiger charge is -2.36. The number of anilines is 1. The fraction of sp³-hybridized carbons (Fsp3) is 0.448. The van der Waals surface area contributed by atoms with Crippen molar-refractivity contribution in [1.29, 1.82) is 0 Å². The van der Waals surface area contributed by atoms with Crippen LogP contribution in [0.3, 0.4) is 0 Å². The summed E-state index contributed by atoms with van der Waals surface area (Å²) in [4.78, 5) is 40.6. The quantitative estimate of drug-likeness (QED) is 0.292. The molecule has 4 N–H and O–H groups in total. The molecule has 1 fully saturated rings. The lowest BCUT2D eigenvalue weighted by Crippen LogP contribution is -2.52. The van der Waals surface area contributed by atoms with E-state index in [0.29, 0.717) is 35.7 Å². The highest BCUT2D eigenvalue weighted by molar-refractivity contribution is 9.10. The number of halogens is 2. The number of nitrogens with two attached hydrogens (primary N) is 1. The Labute approximate surface area is 247 Å². The molecule has 3 amide bonds. The number of nitrogens with one attached hydrogen (secondary N) is 2. The highest BCUT2D eigenvalue weighted by Crippen LogP contribution is 2.34. The van der Waals surface area contributed by atoms with Crippen LogP contribution in [-0.4, -0.2) is 46.3 Å². The molecule has 1 atom stereocenters. The summed E-state index contributed by atoms with van der Waals surface area (Å²) in [6.45, 7) is 5.96. The van der Waals surface area contributed by atoms with Crippen molar-refractivity contribution < 1.29 is 19.1 Å². The number of carbonyl (C=O) groups excluding carboxylic acids is 3. The van der Waals surface area contributed by atoms with E-state index in [0.717, 1.165) is 28.3 Å². The van der Waals surface area contributed by atoms with Crippen LogP contribution in [0.25, 0.3) is 10.9 Å². The zero-order valence-electron chi connectivity index (χ0n) is 22.9. The van der Waals surface area contributed by atoms with Gasteiger partial charge in [0.15, 0.2) is 5.15 Å². The molecule has 0 aliphatic heterocycles. The molecule has 1 aromatic heterocycles. The van der Waals surface area contributed by atoms with Gasteiger partial charge in [0.1, 0.15) is 11.6 Å². The third-order valence-electron chi connectivity index (χ3n) is 7.10. The number of benzene rings is 2. The predicted octanol–water partition coefficient (Wildman–Crippen LogP) is 5.74. The molecule has 9 nitrogen and oxygen atoms in total. The molecule has 0 bridgehead atoms. The van der Waals surface area contributed by atoms with Crippen LogP contribution in [-0.2, 0) is 20.7 Å². The average molecular weight is 633 g/mol. The first kappa shape index (κ1) is 29.9. The topological polar surface area (TPSA) is 130 Å². The van der Waals surface area contributed by atoms with Crippen LogP contribution < -0.4 is 16.0 Å². The number of aromatic amines is 1. The molecule has 40 heavy (non-hydrogen) atoms. The van der Waals surface area contributed by atoms with Gasteiger partial charge in [0.05, 0.1) is 5.52 Å². The summed E-state index contributed by atoms with van der Waals surface area (Å²) in [7, 11) is 0. The maximum atomic E-state index is 14.1. The van der Waals surface area contributed by atoms with Gasteiger partial charge in [0, 0.05) is 34.4 Å². The number of amides is 3. The SMILES string of the molecule is CC(C)(C)OC(=O)NC[C@H]1CC[C@H](C(=O)N(c2ccc3c(Cl)n[nH]c3c2)[C@@H](Cc2cccc(Br)c2)C(N)=O)CC1. The monoisotopic (exact) mass is 631 g/mol. The largest absolute Gasteiger partial charge is 0.444 e. The lowest BCUT2D eigenvalue weighted by molar-refractivity contribution is -0.127. The standard InChI is InChI=1S/C29H35BrClN5O4/c1-29(2,3)40-28(39)33-16-17-7-9-19(10-8-17)27(38)36(21-11-12-22-23(15-21)34-35-25(22)31)24(26(32)37)14-18-5-4-6-20(30)13-18/h4-6,11-13,15,17,19,24H,7-10,14,16H2,1-3H3,(H2,32,37)(H,33,39)(H,34,35)/t17-,19-,24-/m0/s1. The molecular formula is C29H35BrClN5O4. The van der Waals surface area contributed by atoms with Crippen LogP contribution in [0.4, 0.5) is 10.5 Å². The van der Waals surface area contributed by atoms with Crippen molar-refractivity contribution >= 4 is 62.0 Å². The van der Waals surface area contributed by atoms with Gasteiger partial charge < -0.3 is 15.8 Å². The van der Waals surface area contributed by atoms with Crippen LogP contribution in [0.2, 0.25) is 5.15 Å². The normalized spacial score (nSPS) is 18.2. The van der Waals surface area contributed by atoms with Gasteiger partial charge in [-0.2, -0.15) is 5.10 Å². The Balaban J connectivity index is 1.54. The van der Waals surface area contributed by atoms with Gasteiger partial charge >= 0.3 is 6.09 Å². The van der Waals surface area contributed by atoms with E-state index >= 15 is 0 Å². The molecule has 0 spiro atoms. The molecule has 3 aromatic rings. The van der Waals surface area contributed by atoms with Gasteiger partial charge in [0.2, 0.25) is 11.8 Å². The lowest BCUT2D eigenvalue weighted by atomic mass is 9.81. The van der Waals surface area contributed by atoms with Gasteiger partial charge in [-0.1, -0.05) is 39.7 Å². The summed E-state index contributed by atoms with van der Waals surface area (Å²) in [6, 6.07) is 12.0. The number of H-pyrrole nitrogens is 1. The van der Waals surface area contributed by atoms with Crippen LogP contribution >= 0.6 is 27.5 Å². The summed E-state index contributed by atoms with van der Waals surface area (Å²) in [5.41, 5.74) is 7.46. The van der Waals surface area contributed by atoms with E-state index in [2.05, 4.69) is 31.4 Å². The van der Waals surface area contributed by atoms with Gasteiger partial charge in [-0.3, -0.25) is 19.6 Å². The van der Waals surface area contributed by atoms with Crippen molar-refractivity contribution in [3.8, 4) is 0 Å². The third kappa shape index (κ3) is 7.54. The van der Waals surface area contributed by atoms with Crippen molar-refractivity contribution in [1.82, 2.24) is 15.5 Å². The number of rotatable bonds is 8. The Morgan fingerprint density at radius 3 is 2.55 bits per heavy atom. The highest BCUT2D eigenvalue weighted by atomic mass is 79.9. The van der Waals surface area contributed by atoms with E-state index in [1.165, 1.54) is 0 Å². The third-order valence-corrected chi connectivity index (χ3v) is 7.89. The second-order valence-electron chi connectivity index (χ2n) is 11.3. The van der Waals surface area contributed by atoms with E-state index < -0.39 is 23.6 Å². The zero-order chi connectivity index (χ0) is 29.0. The second kappa shape index (κ2) is 12.6. The van der Waals surface area contributed by atoms with Gasteiger partial charge in [-0.25, -0.2) is 4.79 Å². The van der Waals surface area contributed by atoms with Gasteiger partial charge in [-0.15, -0.1) is 0 Å². The van der Waals surface area contributed by atoms with Crippen molar-refractivity contribution in [2.24, 2.45) is 17.6 Å². The van der Waals surface area contributed by atoms with Gasteiger partial charge in [-0.05, 0) is 88.3 Å². The minimum absolute atomic E-state index is 0.151. The molecule has 214 valence electrons. The first-order valence-electron chi connectivity index (χ1n) is 13.4. The number of alkyl carbamates (subject to hydrolysis) is 1. The Kier molecular flexibility index (Phi) is 9.41. The zero-order valence-corrected chi connectivity index (χ0v) is 25.2. The number of nitrogens with zero attached hydrogens (tertiary/aromatic N) is 2. The second-order valence-corrected chi connectivity index (χ2v) is 12.6. The summed E-state index contributed by atoms with van der Waals surface area (Å²) < 4.78 is 6.21. The summed E-state index contributed by atoms with van der Waals surface area (Å²) in [5.74, 6) is -0.793. The van der Waals surface area contributed by atoms with Crippen LogP contribution in [0.1, 0.15) is 52.0 Å². The number of fused-ring (bicyclic) bond motifs is 1. The van der Waals surface area contributed by atoms with E-state index in [1.54, 1.807) is 23.1 Å². The molecule has 0 saturated heterocycles. The highest BCUT2D eigenvalue weighted by Gasteiger charge is 2.36. The summed E-state index contributed by atoms with van der Waals surface area (Å²) in [5, 5.41) is 10.8. The van der Waals surface area contributed by atoms with Crippen molar-refractivity contribution in [3.05, 3.63) is 57.7 Å². The number of ether oxygens (including phenoxy) is 1. The molecule has 1 saturated carbocycles. The van der Waals surface area contributed by atoms with Crippen LogP contribution in [0.15, 0.2) is 46.9 Å². The number of hydrogen-bond donors (Lipinski definition) is 3. The van der Waals surface area contributed by atoms with E-state index in [4.69, 9.17) is 22.1 Å². The average Bonchev–Trinajstić information content (AvgIpc) is 3.26. The van der Waals surface area contributed by atoms with E-state index in [-0.39, 0.29) is 24.2 Å². The first-order valence-corrected chi connectivity index (χ1v) is 14.6. The maximum Gasteiger partial charge on any atom is 0.407 e. The minimum Gasteiger partial charge on any atom is -0.444 e. The van der Waals surface area contributed by atoms with Crippen molar-refractivity contribution in [2.45, 2.75) is 64.5 Å². The first-order chi connectivity index (χ1) is 18.9. The fourth-order valence-electron chi connectivity index (χ4n) is 5.14. The van der Waals surface area contributed by atoms with E-state index in [1.807, 2.05) is 45.0 Å². The predicted molar refractivity (Wildman–Crippen MR) is 159 cm³/mol. The van der Waals surface area contributed by atoms with Crippen molar-refractivity contribution in [3.63, 3.8) is 0 Å². The Morgan fingerprint density at radius 2 is 1.90 bits per heavy atom. The Morgan fingerprint density at radius 1 is 1.18 bits per heavy atom. The smallest absolute Gasteiger partial charge is 0.407 e. The van der Waals surface area contributed by atoms with E-state index in [9.17, 15) is 14.4 Å². The Hall–Kier alpha value is -3.11. The Bertz CT molecular complexity index is 1380. The molecular weight excluding hydrogens is 598 g/mol.